The van der Waals surface area contributed by atoms with Crippen LogP contribution in [-0.2, 0) is 14.2 Å². The summed E-state index contributed by atoms with van der Waals surface area (Å²) in [6.07, 6.45) is 2.29. The predicted octanol–water partition coefficient (Wildman–Crippen LogP) is 1.56. The molecule has 0 aromatic rings. The minimum Gasteiger partial charge on any atom is -0.396 e. The zero-order valence-corrected chi connectivity index (χ0v) is 11.7. The van der Waals surface area contributed by atoms with Gasteiger partial charge in [0.2, 0.25) is 0 Å². The summed E-state index contributed by atoms with van der Waals surface area (Å²) in [4.78, 5) is 0. The Morgan fingerprint density at radius 3 is 2.00 bits per heavy atom. The number of unbranched alkanes of at least 4 members (excludes halogenated alkanes) is 1. The van der Waals surface area contributed by atoms with Crippen molar-refractivity contribution in [2.45, 2.75) is 19.8 Å². The van der Waals surface area contributed by atoms with Crippen LogP contribution < -0.4 is 0 Å². The Balaban J connectivity index is 2.85. The first-order valence-corrected chi connectivity index (χ1v) is 7.49. The lowest BCUT2D eigenvalue weighted by atomic mass is 10.4. The zero-order valence-electron chi connectivity index (χ0n) is 10.9. The smallest absolute Gasteiger partial charge is 0.0701 e. The number of ether oxygens (including phenoxy) is 3. The number of rotatable bonds is 14. The van der Waals surface area contributed by atoms with Gasteiger partial charge in [0.05, 0.1) is 39.6 Å². The van der Waals surface area contributed by atoms with E-state index in [-0.39, 0.29) is 6.61 Å². The molecule has 0 saturated carbocycles. The van der Waals surface area contributed by atoms with Gasteiger partial charge in [0.25, 0.3) is 0 Å². The summed E-state index contributed by atoms with van der Waals surface area (Å²) in [5, 5.41) is 8.55. The Kier molecular flexibility index (Phi) is 16.4. The van der Waals surface area contributed by atoms with Gasteiger partial charge in [0.1, 0.15) is 0 Å². The fourth-order valence-electron chi connectivity index (χ4n) is 1.07. The van der Waals surface area contributed by atoms with Gasteiger partial charge in [-0.2, -0.15) is 11.8 Å². The summed E-state index contributed by atoms with van der Waals surface area (Å²) >= 11 is 1.70. The average molecular weight is 266 g/mol. The number of hydrogen-bond donors (Lipinski definition) is 1. The third-order valence-electron chi connectivity index (χ3n) is 1.99. The molecule has 0 radical (unpaired) electrons. The van der Waals surface area contributed by atoms with Crippen molar-refractivity contribution in [3.8, 4) is 0 Å². The van der Waals surface area contributed by atoms with Crippen molar-refractivity contribution in [1.29, 1.82) is 0 Å². The molecule has 0 atom stereocenters. The lowest BCUT2D eigenvalue weighted by Gasteiger charge is -2.06. The first-order valence-electron chi connectivity index (χ1n) is 6.33. The molecule has 0 rings (SSSR count). The molecule has 104 valence electrons. The second kappa shape index (κ2) is 16.2. The molecule has 1 N–H and O–H groups in total. The van der Waals surface area contributed by atoms with Crippen LogP contribution in [0.2, 0.25) is 0 Å². The third kappa shape index (κ3) is 16.2. The van der Waals surface area contributed by atoms with E-state index in [9.17, 15) is 0 Å². The number of aliphatic hydroxyl groups is 1. The second-order valence-electron chi connectivity index (χ2n) is 3.53. The Bertz CT molecular complexity index is 122. The van der Waals surface area contributed by atoms with Crippen LogP contribution in [0.3, 0.4) is 0 Å². The monoisotopic (exact) mass is 266 g/mol. The molecule has 0 aliphatic carbocycles. The quantitative estimate of drug-likeness (QED) is 0.484. The van der Waals surface area contributed by atoms with Gasteiger partial charge < -0.3 is 19.3 Å². The van der Waals surface area contributed by atoms with E-state index in [0.717, 1.165) is 31.1 Å². The molecule has 0 aliphatic heterocycles. The zero-order chi connectivity index (χ0) is 12.6. The average Bonchev–Trinajstić information content (AvgIpc) is 2.35. The Morgan fingerprint density at radius 1 is 0.824 bits per heavy atom. The standard InChI is InChI=1S/C12H26O4S/c1-2-3-5-14-6-7-15-8-9-16-10-12-17-11-4-13/h13H,2-12H2,1H3. The Morgan fingerprint density at radius 2 is 1.41 bits per heavy atom. The van der Waals surface area contributed by atoms with Crippen LogP contribution in [0.4, 0.5) is 0 Å². The maximum Gasteiger partial charge on any atom is 0.0701 e. The lowest BCUT2D eigenvalue weighted by molar-refractivity contribution is 0.0169. The van der Waals surface area contributed by atoms with Gasteiger partial charge in [-0.05, 0) is 6.42 Å². The number of thioether (sulfide) groups is 1. The van der Waals surface area contributed by atoms with Crippen molar-refractivity contribution in [3.05, 3.63) is 0 Å². The van der Waals surface area contributed by atoms with Gasteiger partial charge in [0.15, 0.2) is 0 Å². The van der Waals surface area contributed by atoms with E-state index in [4.69, 9.17) is 19.3 Å². The van der Waals surface area contributed by atoms with Crippen LogP contribution >= 0.6 is 11.8 Å². The first-order chi connectivity index (χ1) is 8.41. The van der Waals surface area contributed by atoms with Crippen molar-refractivity contribution in [1.82, 2.24) is 0 Å². The molecule has 0 fully saturated rings. The van der Waals surface area contributed by atoms with Crippen molar-refractivity contribution in [3.63, 3.8) is 0 Å². The molecule has 17 heavy (non-hydrogen) atoms. The van der Waals surface area contributed by atoms with Gasteiger partial charge in [-0.1, -0.05) is 13.3 Å². The van der Waals surface area contributed by atoms with Gasteiger partial charge in [-0.15, -0.1) is 0 Å². The van der Waals surface area contributed by atoms with Crippen LogP contribution in [0.5, 0.6) is 0 Å². The highest BCUT2D eigenvalue weighted by Crippen LogP contribution is 1.97. The summed E-state index contributed by atoms with van der Waals surface area (Å²) in [6.45, 7) is 6.52. The van der Waals surface area contributed by atoms with Gasteiger partial charge in [-0.25, -0.2) is 0 Å². The summed E-state index contributed by atoms with van der Waals surface area (Å²) in [5.41, 5.74) is 0. The number of aliphatic hydroxyl groups excluding tert-OH is 1. The van der Waals surface area contributed by atoms with Crippen LogP contribution in [0.15, 0.2) is 0 Å². The summed E-state index contributed by atoms with van der Waals surface area (Å²) in [5.74, 6) is 1.72. The SMILES string of the molecule is CCCCOCCOCCOCCSCCO. The highest BCUT2D eigenvalue weighted by atomic mass is 32.2. The van der Waals surface area contributed by atoms with Gasteiger partial charge in [-0.3, -0.25) is 0 Å². The summed E-state index contributed by atoms with van der Waals surface area (Å²) in [7, 11) is 0. The molecule has 5 heteroatoms. The number of hydrogen-bond acceptors (Lipinski definition) is 5. The van der Waals surface area contributed by atoms with E-state index in [1.807, 2.05) is 0 Å². The Hall–Kier alpha value is 0.190. The van der Waals surface area contributed by atoms with Crippen LogP contribution in [0.1, 0.15) is 19.8 Å². The van der Waals surface area contributed by atoms with Crippen LogP contribution in [0, 0.1) is 0 Å². The van der Waals surface area contributed by atoms with Crippen molar-refractivity contribution in [2.75, 3.05) is 57.8 Å². The highest BCUT2D eigenvalue weighted by molar-refractivity contribution is 7.99. The summed E-state index contributed by atoms with van der Waals surface area (Å²) in [6, 6.07) is 0. The van der Waals surface area contributed by atoms with E-state index >= 15 is 0 Å². The molecule has 0 aromatic carbocycles. The molecule has 0 aliphatic rings. The molecule has 0 heterocycles. The maximum atomic E-state index is 8.55. The molecule has 0 bridgehead atoms. The topological polar surface area (TPSA) is 47.9 Å². The minimum atomic E-state index is 0.242. The first kappa shape index (κ1) is 17.2. The maximum absolute atomic E-state index is 8.55. The lowest BCUT2D eigenvalue weighted by Crippen LogP contribution is -2.10. The predicted molar refractivity (Wildman–Crippen MR) is 71.8 cm³/mol. The normalized spacial score (nSPS) is 10.9. The molecule has 0 spiro atoms. The van der Waals surface area contributed by atoms with E-state index in [1.165, 1.54) is 6.42 Å². The van der Waals surface area contributed by atoms with E-state index in [0.29, 0.717) is 26.4 Å². The van der Waals surface area contributed by atoms with Crippen molar-refractivity contribution < 1.29 is 19.3 Å². The van der Waals surface area contributed by atoms with Gasteiger partial charge >= 0.3 is 0 Å². The molecule has 0 unspecified atom stereocenters. The molecular formula is C12H26O4S. The van der Waals surface area contributed by atoms with E-state index < -0.39 is 0 Å². The van der Waals surface area contributed by atoms with Crippen LogP contribution in [-0.4, -0.2) is 62.9 Å². The molecule has 4 nitrogen and oxygen atoms in total. The molecule has 0 saturated heterocycles. The molecule has 0 amide bonds. The highest BCUT2D eigenvalue weighted by Gasteiger charge is 1.92. The fraction of sp³-hybridized carbons (Fsp3) is 1.00. The fourth-order valence-corrected chi connectivity index (χ4v) is 1.64. The van der Waals surface area contributed by atoms with E-state index in [1.54, 1.807) is 11.8 Å². The van der Waals surface area contributed by atoms with E-state index in [2.05, 4.69) is 6.92 Å². The van der Waals surface area contributed by atoms with Crippen molar-refractivity contribution in [2.24, 2.45) is 0 Å². The second-order valence-corrected chi connectivity index (χ2v) is 4.75. The third-order valence-corrected chi connectivity index (χ3v) is 2.92. The van der Waals surface area contributed by atoms with Gasteiger partial charge in [0, 0.05) is 18.1 Å². The minimum absolute atomic E-state index is 0.242. The van der Waals surface area contributed by atoms with Crippen LogP contribution in [0.25, 0.3) is 0 Å². The molecule has 0 aromatic heterocycles. The summed E-state index contributed by atoms with van der Waals surface area (Å²) < 4.78 is 16.1. The Labute approximate surface area is 109 Å². The largest absolute Gasteiger partial charge is 0.396 e. The molecular weight excluding hydrogens is 240 g/mol. The van der Waals surface area contributed by atoms with Crippen molar-refractivity contribution >= 4 is 11.8 Å².